The molecule has 0 bridgehead atoms. The molecule has 102 valence electrons. The Morgan fingerprint density at radius 3 is 2.60 bits per heavy atom. The van der Waals surface area contributed by atoms with Crippen molar-refractivity contribution >= 4 is 17.1 Å². The van der Waals surface area contributed by atoms with Crippen LogP contribution < -0.4 is 0 Å². The lowest BCUT2D eigenvalue weighted by Crippen LogP contribution is -1.83. The van der Waals surface area contributed by atoms with Gasteiger partial charge in [-0.25, -0.2) is 4.98 Å². The van der Waals surface area contributed by atoms with E-state index in [9.17, 15) is 0 Å². The maximum Gasteiger partial charge on any atom is 0.159 e. The number of rotatable bonds is 2. The van der Waals surface area contributed by atoms with E-state index < -0.39 is 0 Å². The zero-order chi connectivity index (χ0) is 14.3. The number of nitrogens with one attached hydrogen (secondary N) is 2. The Hall–Kier alpha value is -2.36. The molecule has 3 aromatic rings. The normalized spacial score (nSPS) is 11.8. The lowest BCUT2D eigenvalue weighted by Gasteiger charge is -1.97. The third kappa shape index (κ3) is 1.93. The Labute approximate surface area is 117 Å². The molecule has 2 heterocycles. The highest BCUT2D eigenvalue weighted by Gasteiger charge is 2.13. The molecule has 4 nitrogen and oxygen atoms in total. The first-order valence-corrected chi connectivity index (χ1v) is 6.75. The Bertz CT molecular complexity index is 766. The summed E-state index contributed by atoms with van der Waals surface area (Å²) < 4.78 is 0. The van der Waals surface area contributed by atoms with Gasteiger partial charge in [0.05, 0.1) is 16.7 Å². The lowest BCUT2D eigenvalue weighted by molar-refractivity contribution is 1.07. The summed E-state index contributed by atoms with van der Waals surface area (Å²) in [6, 6.07) is 4.25. The van der Waals surface area contributed by atoms with Gasteiger partial charge in [-0.2, -0.15) is 5.10 Å². The second-order valence-corrected chi connectivity index (χ2v) is 5.15. The molecule has 0 aliphatic carbocycles. The van der Waals surface area contributed by atoms with Crippen LogP contribution in [0.25, 0.3) is 28.6 Å². The van der Waals surface area contributed by atoms with E-state index in [-0.39, 0.29) is 0 Å². The molecule has 0 saturated heterocycles. The average molecular weight is 266 g/mol. The first-order chi connectivity index (χ1) is 9.60. The van der Waals surface area contributed by atoms with Crippen molar-refractivity contribution in [2.24, 2.45) is 0 Å². The Morgan fingerprint density at radius 1 is 1.10 bits per heavy atom. The number of aromatic amines is 2. The third-order valence-electron chi connectivity index (χ3n) is 3.70. The first-order valence-electron chi connectivity index (χ1n) is 6.75. The number of allylic oxidation sites excluding steroid dienone is 1. The van der Waals surface area contributed by atoms with Gasteiger partial charge in [-0.3, -0.25) is 5.10 Å². The van der Waals surface area contributed by atoms with Crippen molar-refractivity contribution < 1.29 is 0 Å². The summed E-state index contributed by atoms with van der Waals surface area (Å²) >= 11 is 0. The number of fused-ring (bicyclic) bond motifs is 1. The van der Waals surface area contributed by atoms with Crippen molar-refractivity contribution in [1.29, 1.82) is 0 Å². The predicted molar refractivity (Wildman–Crippen MR) is 82.6 cm³/mol. The van der Waals surface area contributed by atoms with Gasteiger partial charge in [-0.05, 0) is 57.0 Å². The quantitative estimate of drug-likeness (QED) is 0.738. The number of hydrogen-bond acceptors (Lipinski definition) is 2. The van der Waals surface area contributed by atoms with E-state index in [4.69, 9.17) is 0 Å². The van der Waals surface area contributed by atoms with Gasteiger partial charge >= 0.3 is 0 Å². The number of nitrogens with zero attached hydrogens (tertiary/aromatic N) is 2. The lowest BCUT2D eigenvalue weighted by atomic mass is 10.1. The molecule has 4 heteroatoms. The van der Waals surface area contributed by atoms with Crippen LogP contribution in [0.1, 0.15) is 29.3 Å². The number of hydrogen-bond donors (Lipinski definition) is 2. The van der Waals surface area contributed by atoms with Crippen LogP contribution in [0.2, 0.25) is 0 Å². The smallest absolute Gasteiger partial charge is 0.159 e. The van der Waals surface area contributed by atoms with Crippen LogP contribution in [0.4, 0.5) is 0 Å². The molecule has 0 saturated carbocycles. The summed E-state index contributed by atoms with van der Waals surface area (Å²) in [5.74, 6) is 0.814. The summed E-state index contributed by atoms with van der Waals surface area (Å²) in [5.41, 5.74) is 7.57. The molecule has 20 heavy (non-hydrogen) atoms. The molecule has 0 aliphatic heterocycles. The Kier molecular flexibility index (Phi) is 2.93. The van der Waals surface area contributed by atoms with E-state index in [1.807, 2.05) is 19.1 Å². The summed E-state index contributed by atoms with van der Waals surface area (Å²) in [4.78, 5) is 8.02. The van der Waals surface area contributed by atoms with Crippen molar-refractivity contribution in [3.05, 3.63) is 40.6 Å². The second-order valence-electron chi connectivity index (χ2n) is 5.15. The minimum atomic E-state index is 0.814. The van der Waals surface area contributed by atoms with Gasteiger partial charge in [0.15, 0.2) is 5.82 Å². The number of aryl methyl sites for hydroxylation is 2. The topological polar surface area (TPSA) is 57.4 Å². The van der Waals surface area contributed by atoms with Crippen LogP contribution in [0, 0.1) is 20.8 Å². The highest BCUT2D eigenvalue weighted by atomic mass is 15.1. The SMILES string of the molecule is C/C=C\c1[nH]nc(-c2nc3cc(C)c(C)cc3[nH]2)c1C. The standard InChI is InChI=1S/C16H18N4/c1-5-6-12-11(4)15(20-19-12)16-17-13-7-9(2)10(3)8-14(13)18-16/h5-8H,1-4H3,(H,17,18)(H,19,20)/b6-5-. The summed E-state index contributed by atoms with van der Waals surface area (Å²) in [5, 5.41) is 7.42. The maximum absolute atomic E-state index is 4.66. The maximum atomic E-state index is 4.66. The molecule has 0 unspecified atom stereocenters. The summed E-state index contributed by atoms with van der Waals surface area (Å²) in [6.07, 6.45) is 4.01. The molecule has 2 N–H and O–H groups in total. The van der Waals surface area contributed by atoms with E-state index in [1.54, 1.807) is 0 Å². The first kappa shape index (κ1) is 12.7. The van der Waals surface area contributed by atoms with Crippen LogP contribution in [0.3, 0.4) is 0 Å². The summed E-state index contributed by atoms with van der Waals surface area (Å²) in [7, 11) is 0. The van der Waals surface area contributed by atoms with Gasteiger partial charge < -0.3 is 4.98 Å². The van der Waals surface area contributed by atoms with E-state index in [0.717, 1.165) is 33.8 Å². The molecule has 3 rings (SSSR count). The van der Waals surface area contributed by atoms with Crippen LogP contribution in [0.15, 0.2) is 18.2 Å². The van der Waals surface area contributed by atoms with Gasteiger partial charge in [-0.15, -0.1) is 0 Å². The summed E-state index contributed by atoms with van der Waals surface area (Å²) in [6.45, 7) is 8.26. The average Bonchev–Trinajstić information content (AvgIpc) is 2.95. The highest BCUT2D eigenvalue weighted by molar-refractivity contribution is 5.81. The van der Waals surface area contributed by atoms with E-state index >= 15 is 0 Å². The fourth-order valence-corrected chi connectivity index (χ4v) is 2.35. The molecule has 2 aromatic heterocycles. The Morgan fingerprint density at radius 2 is 1.85 bits per heavy atom. The Balaban J connectivity index is 2.15. The fourth-order valence-electron chi connectivity index (χ4n) is 2.35. The molecule has 0 fully saturated rings. The number of aromatic nitrogens is 4. The van der Waals surface area contributed by atoms with Gasteiger partial charge in [0.25, 0.3) is 0 Å². The van der Waals surface area contributed by atoms with Crippen molar-refractivity contribution in [3.63, 3.8) is 0 Å². The van der Waals surface area contributed by atoms with E-state index in [0.29, 0.717) is 0 Å². The van der Waals surface area contributed by atoms with Crippen molar-refractivity contribution in [3.8, 4) is 11.5 Å². The largest absolute Gasteiger partial charge is 0.337 e. The number of imidazole rings is 1. The zero-order valence-corrected chi connectivity index (χ0v) is 12.2. The molecule has 0 spiro atoms. The molecule has 0 amide bonds. The van der Waals surface area contributed by atoms with Crippen LogP contribution in [-0.4, -0.2) is 20.2 Å². The van der Waals surface area contributed by atoms with Crippen LogP contribution >= 0.6 is 0 Å². The van der Waals surface area contributed by atoms with Crippen LogP contribution in [-0.2, 0) is 0 Å². The minimum Gasteiger partial charge on any atom is -0.337 e. The molecule has 0 atom stereocenters. The van der Waals surface area contributed by atoms with Gasteiger partial charge in [0.1, 0.15) is 5.69 Å². The fraction of sp³-hybridized carbons (Fsp3) is 0.250. The predicted octanol–water partition coefficient (Wildman–Crippen LogP) is 3.91. The van der Waals surface area contributed by atoms with Crippen LogP contribution in [0.5, 0.6) is 0 Å². The number of H-pyrrole nitrogens is 2. The monoisotopic (exact) mass is 266 g/mol. The third-order valence-corrected chi connectivity index (χ3v) is 3.70. The van der Waals surface area contributed by atoms with Gasteiger partial charge in [-0.1, -0.05) is 6.08 Å². The van der Waals surface area contributed by atoms with Crippen molar-refractivity contribution in [2.45, 2.75) is 27.7 Å². The van der Waals surface area contributed by atoms with Crippen molar-refractivity contribution in [1.82, 2.24) is 20.2 Å². The second kappa shape index (κ2) is 4.63. The molecule has 0 radical (unpaired) electrons. The van der Waals surface area contributed by atoms with Crippen molar-refractivity contribution in [2.75, 3.05) is 0 Å². The van der Waals surface area contributed by atoms with E-state index in [2.05, 4.69) is 53.1 Å². The molecule has 0 aliphatic rings. The molecule has 1 aromatic carbocycles. The highest BCUT2D eigenvalue weighted by Crippen LogP contribution is 2.25. The minimum absolute atomic E-state index is 0.814. The number of benzene rings is 1. The zero-order valence-electron chi connectivity index (χ0n) is 12.2. The van der Waals surface area contributed by atoms with E-state index in [1.165, 1.54) is 11.1 Å². The van der Waals surface area contributed by atoms with Gasteiger partial charge in [0.2, 0.25) is 0 Å². The van der Waals surface area contributed by atoms with Gasteiger partial charge in [0, 0.05) is 5.56 Å². The molecular weight excluding hydrogens is 248 g/mol. The molecular formula is C16H18N4.